The van der Waals surface area contributed by atoms with Crippen molar-refractivity contribution in [3.05, 3.63) is 53.6 Å². The van der Waals surface area contributed by atoms with Crippen molar-refractivity contribution >= 4 is 0 Å². The van der Waals surface area contributed by atoms with Crippen LogP contribution in [-0.4, -0.2) is 68.0 Å². The average Bonchev–Trinajstić information content (AvgIpc) is 2.71. The lowest BCUT2D eigenvalue weighted by atomic mass is 9.99. The highest BCUT2D eigenvalue weighted by atomic mass is 16.7. The van der Waals surface area contributed by atoms with Crippen molar-refractivity contribution in [2.75, 3.05) is 6.61 Å². The number of benzene rings is 2. The van der Waals surface area contributed by atoms with E-state index in [0.29, 0.717) is 24.8 Å². The first-order valence-electron chi connectivity index (χ1n) is 9.46. The molecule has 0 bridgehead atoms. The molecule has 6 N–H and O–H groups in total. The van der Waals surface area contributed by atoms with Gasteiger partial charge in [0.05, 0.1) is 6.61 Å². The van der Waals surface area contributed by atoms with Gasteiger partial charge in [-0.2, -0.15) is 0 Å². The van der Waals surface area contributed by atoms with Crippen molar-refractivity contribution in [2.24, 2.45) is 0 Å². The van der Waals surface area contributed by atoms with E-state index in [0.717, 1.165) is 5.56 Å². The SMILES string of the molecule is OCC1OC(Oc2cccc(O)c2CCCc2ccc(O)cc2)C(O)C(O)C1O. The normalized spacial score (nSPS) is 27.0. The minimum Gasteiger partial charge on any atom is -0.508 e. The van der Waals surface area contributed by atoms with E-state index in [2.05, 4.69) is 0 Å². The number of hydrogen-bond acceptors (Lipinski definition) is 8. The van der Waals surface area contributed by atoms with E-state index >= 15 is 0 Å². The summed E-state index contributed by atoms with van der Waals surface area (Å²) < 4.78 is 11.1. The third kappa shape index (κ3) is 4.98. The molecule has 0 saturated carbocycles. The zero-order valence-corrected chi connectivity index (χ0v) is 15.8. The minimum absolute atomic E-state index is 0.0257. The van der Waals surface area contributed by atoms with E-state index < -0.39 is 37.3 Å². The van der Waals surface area contributed by atoms with E-state index in [1.165, 1.54) is 6.07 Å². The van der Waals surface area contributed by atoms with Crippen molar-refractivity contribution in [2.45, 2.75) is 50.0 Å². The monoisotopic (exact) mass is 406 g/mol. The average molecular weight is 406 g/mol. The summed E-state index contributed by atoms with van der Waals surface area (Å²) in [5, 5.41) is 58.9. The maximum atomic E-state index is 10.3. The Morgan fingerprint density at radius 3 is 2.28 bits per heavy atom. The molecule has 0 spiro atoms. The lowest BCUT2D eigenvalue weighted by molar-refractivity contribution is -0.277. The molecule has 2 aromatic carbocycles. The number of rotatable bonds is 7. The lowest BCUT2D eigenvalue weighted by Gasteiger charge is -2.39. The van der Waals surface area contributed by atoms with Gasteiger partial charge in [-0.15, -0.1) is 0 Å². The van der Waals surface area contributed by atoms with Gasteiger partial charge in [-0.25, -0.2) is 0 Å². The molecule has 1 saturated heterocycles. The van der Waals surface area contributed by atoms with Crippen LogP contribution < -0.4 is 4.74 Å². The fraction of sp³-hybridized carbons (Fsp3) is 0.429. The van der Waals surface area contributed by atoms with Gasteiger partial charge in [0.15, 0.2) is 0 Å². The van der Waals surface area contributed by atoms with Crippen LogP contribution in [0.1, 0.15) is 17.5 Å². The molecule has 1 aliphatic rings. The van der Waals surface area contributed by atoms with Crippen LogP contribution in [0.25, 0.3) is 0 Å². The van der Waals surface area contributed by atoms with Gasteiger partial charge < -0.3 is 40.1 Å². The Morgan fingerprint density at radius 1 is 0.862 bits per heavy atom. The van der Waals surface area contributed by atoms with E-state index in [-0.39, 0.29) is 17.2 Å². The van der Waals surface area contributed by atoms with Crippen molar-refractivity contribution < 1.29 is 40.1 Å². The molecule has 1 fully saturated rings. The van der Waals surface area contributed by atoms with Gasteiger partial charge >= 0.3 is 0 Å². The number of aliphatic hydroxyl groups is 4. The number of hydrogen-bond donors (Lipinski definition) is 6. The number of phenols is 2. The highest BCUT2D eigenvalue weighted by molar-refractivity contribution is 5.44. The maximum absolute atomic E-state index is 10.3. The topological polar surface area (TPSA) is 140 Å². The first kappa shape index (κ1) is 21.4. The van der Waals surface area contributed by atoms with Crippen LogP contribution in [-0.2, 0) is 17.6 Å². The number of ether oxygens (including phenoxy) is 2. The Kier molecular flexibility index (Phi) is 6.94. The molecule has 5 unspecified atom stereocenters. The molecule has 0 aliphatic carbocycles. The zero-order valence-electron chi connectivity index (χ0n) is 15.8. The summed E-state index contributed by atoms with van der Waals surface area (Å²) in [6.07, 6.45) is -5.05. The molecule has 158 valence electrons. The van der Waals surface area contributed by atoms with Crippen molar-refractivity contribution in [3.8, 4) is 17.2 Å². The van der Waals surface area contributed by atoms with Gasteiger partial charge in [-0.05, 0) is 49.1 Å². The van der Waals surface area contributed by atoms with Crippen LogP contribution in [0.2, 0.25) is 0 Å². The van der Waals surface area contributed by atoms with E-state index in [4.69, 9.17) is 9.47 Å². The van der Waals surface area contributed by atoms with Crippen LogP contribution in [0.3, 0.4) is 0 Å². The Balaban J connectivity index is 1.69. The van der Waals surface area contributed by atoms with Crippen molar-refractivity contribution in [1.29, 1.82) is 0 Å². The molecule has 2 aromatic rings. The van der Waals surface area contributed by atoms with E-state index in [1.807, 2.05) is 12.1 Å². The van der Waals surface area contributed by atoms with Crippen LogP contribution in [0.4, 0.5) is 0 Å². The highest BCUT2D eigenvalue weighted by Crippen LogP contribution is 2.32. The zero-order chi connectivity index (χ0) is 21.0. The van der Waals surface area contributed by atoms with Crippen LogP contribution in [0.15, 0.2) is 42.5 Å². The summed E-state index contributed by atoms with van der Waals surface area (Å²) in [5.41, 5.74) is 1.55. The van der Waals surface area contributed by atoms with Gasteiger partial charge in [0.2, 0.25) is 6.29 Å². The third-order valence-electron chi connectivity index (χ3n) is 5.03. The Hall–Kier alpha value is -2.36. The van der Waals surface area contributed by atoms with Crippen LogP contribution in [0, 0.1) is 0 Å². The van der Waals surface area contributed by atoms with Gasteiger partial charge in [-0.1, -0.05) is 18.2 Å². The second-order valence-electron chi connectivity index (χ2n) is 7.09. The molecule has 8 nitrogen and oxygen atoms in total. The fourth-order valence-corrected chi connectivity index (χ4v) is 3.34. The predicted molar refractivity (Wildman–Crippen MR) is 103 cm³/mol. The maximum Gasteiger partial charge on any atom is 0.229 e. The van der Waals surface area contributed by atoms with Crippen LogP contribution in [0.5, 0.6) is 17.2 Å². The number of aliphatic hydroxyl groups excluding tert-OH is 4. The second-order valence-corrected chi connectivity index (χ2v) is 7.09. The van der Waals surface area contributed by atoms with Crippen LogP contribution >= 0.6 is 0 Å². The van der Waals surface area contributed by atoms with E-state index in [1.54, 1.807) is 24.3 Å². The molecular weight excluding hydrogens is 380 g/mol. The number of aromatic hydroxyl groups is 2. The molecule has 0 aromatic heterocycles. The van der Waals surface area contributed by atoms with Crippen molar-refractivity contribution in [3.63, 3.8) is 0 Å². The highest BCUT2D eigenvalue weighted by Gasteiger charge is 2.44. The van der Waals surface area contributed by atoms with Gasteiger partial charge in [0.25, 0.3) is 0 Å². The number of phenolic OH excluding ortho intramolecular Hbond substituents is 2. The molecule has 5 atom stereocenters. The molecule has 8 heteroatoms. The third-order valence-corrected chi connectivity index (χ3v) is 5.03. The summed E-state index contributed by atoms with van der Waals surface area (Å²) >= 11 is 0. The van der Waals surface area contributed by atoms with Crippen molar-refractivity contribution in [1.82, 2.24) is 0 Å². The Bertz CT molecular complexity index is 792. The summed E-state index contributed by atoms with van der Waals surface area (Å²) in [4.78, 5) is 0. The lowest BCUT2D eigenvalue weighted by Crippen LogP contribution is -2.60. The molecule has 1 heterocycles. The summed E-state index contributed by atoms with van der Waals surface area (Å²) in [6, 6.07) is 11.6. The molecular formula is C21H26O8. The van der Waals surface area contributed by atoms with E-state index in [9.17, 15) is 30.6 Å². The molecule has 1 aliphatic heterocycles. The predicted octanol–water partition coefficient (Wildman–Crippen LogP) is 0.452. The first-order valence-corrected chi connectivity index (χ1v) is 9.46. The summed E-state index contributed by atoms with van der Waals surface area (Å²) in [5.74, 6) is 0.502. The van der Waals surface area contributed by atoms with Gasteiger partial charge in [0, 0.05) is 5.56 Å². The largest absolute Gasteiger partial charge is 0.508 e. The smallest absolute Gasteiger partial charge is 0.229 e. The standard InChI is InChI=1S/C21H26O8/c22-11-17-18(25)19(26)20(27)21(29-17)28-16-6-2-5-15(24)14(16)4-1-3-12-7-9-13(23)10-8-12/h2,5-10,17-27H,1,3-4,11H2. The first-order chi connectivity index (χ1) is 13.9. The fourth-order valence-electron chi connectivity index (χ4n) is 3.34. The minimum atomic E-state index is -1.54. The molecule has 29 heavy (non-hydrogen) atoms. The molecule has 0 radical (unpaired) electrons. The quantitative estimate of drug-likeness (QED) is 0.390. The van der Waals surface area contributed by atoms with Gasteiger partial charge in [-0.3, -0.25) is 0 Å². The number of aryl methyl sites for hydroxylation is 1. The molecule has 3 rings (SSSR count). The Labute approximate surface area is 168 Å². The Morgan fingerprint density at radius 2 is 1.59 bits per heavy atom. The summed E-state index contributed by atoms with van der Waals surface area (Å²) in [7, 11) is 0. The molecule has 0 amide bonds. The van der Waals surface area contributed by atoms with Gasteiger partial charge in [0.1, 0.15) is 41.7 Å². The summed E-state index contributed by atoms with van der Waals surface area (Å²) in [6.45, 7) is -0.551. The second kappa shape index (κ2) is 9.43.